The minimum atomic E-state index is 0.635. The summed E-state index contributed by atoms with van der Waals surface area (Å²) in [5.74, 6) is 0.961. The van der Waals surface area contributed by atoms with Gasteiger partial charge in [-0.2, -0.15) is 5.26 Å². The van der Waals surface area contributed by atoms with Gasteiger partial charge < -0.3 is 4.57 Å². The Morgan fingerprint density at radius 2 is 1.88 bits per heavy atom. The van der Waals surface area contributed by atoms with Crippen LogP contribution in [-0.4, -0.2) is 9.55 Å². The van der Waals surface area contributed by atoms with Crippen LogP contribution in [0.5, 0.6) is 0 Å². The third-order valence-corrected chi connectivity index (χ3v) is 5.44. The molecule has 0 N–H and O–H groups in total. The molecule has 0 fully saturated rings. The minimum Gasteiger partial charge on any atom is -0.319 e. The maximum Gasteiger partial charge on any atom is 0.151 e. The Kier molecular flexibility index (Phi) is 3.87. The van der Waals surface area contributed by atoms with Crippen LogP contribution in [0.3, 0.4) is 0 Å². The van der Waals surface area contributed by atoms with E-state index in [0.29, 0.717) is 12.1 Å². The molecule has 0 radical (unpaired) electrons. The Morgan fingerprint density at radius 1 is 1.08 bits per heavy atom. The molecular formula is C21H17N3S. The van der Waals surface area contributed by atoms with Gasteiger partial charge in [-0.3, -0.25) is 0 Å². The fourth-order valence-electron chi connectivity index (χ4n) is 3.07. The quantitative estimate of drug-likeness (QED) is 0.506. The number of hydrogen-bond acceptors (Lipinski definition) is 3. The maximum absolute atomic E-state index is 9.42. The molecule has 4 heteroatoms. The van der Waals surface area contributed by atoms with Crippen LogP contribution in [0.1, 0.15) is 22.3 Å². The minimum absolute atomic E-state index is 0.635. The number of aryl methyl sites for hydroxylation is 2. The first-order valence-corrected chi connectivity index (χ1v) is 9.04. The third kappa shape index (κ3) is 2.73. The van der Waals surface area contributed by atoms with Gasteiger partial charge in [0.1, 0.15) is 0 Å². The summed E-state index contributed by atoms with van der Waals surface area (Å²) < 4.78 is 2.23. The van der Waals surface area contributed by atoms with Crippen LogP contribution in [0.15, 0.2) is 53.9 Å². The Morgan fingerprint density at radius 3 is 2.64 bits per heavy atom. The molecule has 0 unspecified atom stereocenters. The van der Waals surface area contributed by atoms with Gasteiger partial charge in [0.15, 0.2) is 5.82 Å². The van der Waals surface area contributed by atoms with Crippen molar-refractivity contribution in [1.29, 1.82) is 5.26 Å². The molecular weight excluding hydrogens is 326 g/mol. The molecule has 0 aliphatic carbocycles. The number of hydrogen-bond donors (Lipinski definition) is 0. The second kappa shape index (κ2) is 6.19. The summed E-state index contributed by atoms with van der Waals surface area (Å²) in [6, 6.07) is 18.6. The average molecular weight is 343 g/mol. The molecule has 3 nitrogen and oxygen atoms in total. The topological polar surface area (TPSA) is 41.6 Å². The molecule has 0 aliphatic heterocycles. The van der Waals surface area contributed by atoms with Crippen LogP contribution >= 0.6 is 11.3 Å². The van der Waals surface area contributed by atoms with Crippen molar-refractivity contribution >= 4 is 22.4 Å². The van der Waals surface area contributed by atoms with Gasteiger partial charge in [0.25, 0.3) is 0 Å². The second-order valence-corrected chi connectivity index (χ2v) is 7.14. The van der Waals surface area contributed by atoms with Gasteiger partial charge in [-0.1, -0.05) is 24.3 Å². The lowest BCUT2D eigenvalue weighted by Crippen LogP contribution is -2.03. The molecule has 0 saturated carbocycles. The predicted octanol–water partition coefficient (Wildman–Crippen LogP) is 5.30. The summed E-state index contributed by atoms with van der Waals surface area (Å²) >= 11 is 1.69. The van der Waals surface area contributed by atoms with E-state index < -0.39 is 0 Å². The molecule has 2 aromatic heterocycles. The number of fused-ring (bicyclic) bond motifs is 1. The molecule has 0 atom stereocenters. The predicted molar refractivity (Wildman–Crippen MR) is 103 cm³/mol. The maximum atomic E-state index is 9.42. The average Bonchev–Trinajstić information content (AvgIpc) is 3.25. The van der Waals surface area contributed by atoms with Crippen molar-refractivity contribution < 1.29 is 0 Å². The number of rotatable bonds is 3. The van der Waals surface area contributed by atoms with Crippen LogP contribution in [0.4, 0.5) is 0 Å². The fraction of sp³-hybridized carbons (Fsp3) is 0.143. The summed E-state index contributed by atoms with van der Waals surface area (Å²) in [7, 11) is 0. The summed E-state index contributed by atoms with van der Waals surface area (Å²) in [6.45, 7) is 4.87. The van der Waals surface area contributed by atoms with Gasteiger partial charge in [0, 0.05) is 0 Å². The zero-order chi connectivity index (χ0) is 17.4. The molecule has 4 aromatic rings. The van der Waals surface area contributed by atoms with Gasteiger partial charge in [-0.05, 0) is 60.2 Å². The summed E-state index contributed by atoms with van der Waals surface area (Å²) in [4.78, 5) is 6.04. The SMILES string of the molecule is Cc1cc2nc(-c3cccs3)n(Cc3ccccc3C#N)c2cc1C. The largest absolute Gasteiger partial charge is 0.319 e. The van der Waals surface area contributed by atoms with Crippen LogP contribution < -0.4 is 0 Å². The molecule has 2 aromatic carbocycles. The van der Waals surface area contributed by atoms with Gasteiger partial charge in [0.05, 0.1) is 34.1 Å². The molecule has 0 saturated heterocycles. The molecule has 2 heterocycles. The Bertz CT molecular complexity index is 1100. The molecule has 0 amide bonds. The number of aromatic nitrogens is 2. The van der Waals surface area contributed by atoms with E-state index in [0.717, 1.165) is 27.3 Å². The van der Waals surface area contributed by atoms with Crippen molar-refractivity contribution in [2.75, 3.05) is 0 Å². The Labute approximate surface area is 150 Å². The zero-order valence-corrected chi connectivity index (χ0v) is 15.0. The normalized spacial score (nSPS) is 10.9. The Balaban J connectivity index is 1.96. The standard InChI is InChI=1S/C21H17N3S/c1-14-10-18-19(11-15(14)2)24(21(23-18)20-8-5-9-25-20)13-17-7-4-3-6-16(17)12-22/h3-11H,13H2,1-2H3. The van der Waals surface area contributed by atoms with E-state index in [9.17, 15) is 5.26 Å². The molecule has 122 valence electrons. The van der Waals surface area contributed by atoms with Crippen molar-refractivity contribution in [3.05, 3.63) is 76.2 Å². The molecule has 0 spiro atoms. The molecule has 25 heavy (non-hydrogen) atoms. The first-order chi connectivity index (χ1) is 12.2. The zero-order valence-electron chi connectivity index (χ0n) is 14.2. The summed E-state index contributed by atoms with van der Waals surface area (Å²) in [5, 5.41) is 11.5. The van der Waals surface area contributed by atoms with Crippen molar-refractivity contribution in [3.63, 3.8) is 0 Å². The Hall–Kier alpha value is -2.90. The second-order valence-electron chi connectivity index (χ2n) is 6.19. The van der Waals surface area contributed by atoms with Crippen molar-refractivity contribution in [3.8, 4) is 16.8 Å². The van der Waals surface area contributed by atoms with Crippen molar-refractivity contribution in [2.45, 2.75) is 20.4 Å². The summed E-state index contributed by atoms with van der Waals surface area (Å²) in [6.07, 6.45) is 0. The number of benzene rings is 2. The fourth-order valence-corrected chi connectivity index (χ4v) is 3.79. The highest BCUT2D eigenvalue weighted by Crippen LogP contribution is 2.30. The van der Waals surface area contributed by atoms with Gasteiger partial charge in [-0.15, -0.1) is 11.3 Å². The third-order valence-electron chi connectivity index (χ3n) is 4.57. The monoisotopic (exact) mass is 343 g/mol. The lowest BCUT2D eigenvalue weighted by molar-refractivity contribution is 0.833. The van der Waals surface area contributed by atoms with E-state index in [2.05, 4.69) is 48.1 Å². The first-order valence-electron chi connectivity index (χ1n) is 8.17. The van der Waals surface area contributed by atoms with E-state index in [1.165, 1.54) is 11.1 Å². The molecule has 4 rings (SSSR count). The highest BCUT2D eigenvalue weighted by molar-refractivity contribution is 7.13. The van der Waals surface area contributed by atoms with E-state index in [1.54, 1.807) is 11.3 Å². The highest BCUT2D eigenvalue weighted by Gasteiger charge is 2.16. The van der Waals surface area contributed by atoms with Crippen LogP contribution in [-0.2, 0) is 6.54 Å². The number of nitriles is 1. The van der Waals surface area contributed by atoms with E-state index in [4.69, 9.17) is 4.98 Å². The van der Waals surface area contributed by atoms with Crippen molar-refractivity contribution in [1.82, 2.24) is 9.55 Å². The number of thiophene rings is 1. The lowest BCUT2D eigenvalue weighted by atomic mass is 10.1. The molecule has 0 aliphatic rings. The van der Waals surface area contributed by atoms with Gasteiger partial charge in [-0.25, -0.2) is 4.98 Å². The van der Waals surface area contributed by atoms with Gasteiger partial charge in [0.2, 0.25) is 0 Å². The lowest BCUT2D eigenvalue weighted by Gasteiger charge is -2.10. The van der Waals surface area contributed by atoms with Crippen LogP contribution in [0.2, 0.25) is 0 Å². The van der Waals surface area contributed by atoms with Gasteiger partial charge >= 0.3 is 0 Å². The number of nitrogens with zero attached hydrogens (tertiary/aromatic N) is 3. The van der Waals surface area contributed by atoms with Crippen LogP contribution in [0, 0.1) is 25.2 Å². The van der Waals surface area contributed by atoms with E-state index in [1.807, 2.05) is 30.3 Å². The van der Waals surface area contributed by atoms with Crippen LogP contribution in [0.25, 0.3) is 21.7 Å². The van der Waals surface area contributed by atoms with Crippen molar-refractivity contribution in [2.24, 2.45) is 0 Å². The number of imidazole rings is 1. The highest BCUT2D eigenvalue weighted by atomic mass is 32.1. The summed E-state index contributed by atoms with van der Waals surface area (Å²) in [5.41, 5.74) is 6.33. The van der Waals surface area contributed by atoms with E-state index >= 15 is 0 Å². The first kappa shape index (κ1) is 15.6. The van der Waals surface area contributed by atoms with E-state index in [-0.39, 0.29) is 0 Å². The molecule has 0 bridgehead atoms. The smallest absolute Gasteiger partial charge is 0.151 e.